The molecule has 0 heterocycles. The first-order valence-corrected chi connectivity index (χ1v) is 6.25. The highest BCUT2D eigenvalue weighted by molar-refractivity contribution is 5.36. The number of methoxy groups -OCH3 is 1. The van der Waals surface area contributed by atoms with Gasteiger partial charge >= 0.3 is 0 Å². The molecule has 4 heteroatoms. The van der Waals surface area contributed by atoms with Crippen LogP contribution in [0.1, 0.15) is 32.4 Å². The highest BCUT2D eigenvalue weighted by Crippen LogP contribution is 2.26. The third-order valence-electron chi connectivity index (χ3n) is 2.76. The standard InChI is InChI=1S/C14H22FNO2/c1-5-18-9-10(2)16-11(3)13-8-12(15)6-7-14(13)17-4/h6-8,10-11,16H,5,9H2,1-4H3. The van der Waals surface area contributed by atoms with Gasteiger partial charge in [0, 0.05) is 24.3 Å². The maximum Gasteiger partial charge on any atom is 0.123 e. The van der Waals surface area contributed by atoms with E-state index in [9.17, 15) is 4.39 Å². The molecular weight excluding hydrogens is 233 g/mol. The van der Waals surface area contributed by atoms with Crippen molar-refractivity contribution in [2.45, 2.75) is 32.9 Å². The van der Waals surface area contributed by atoms with Crippen molar-refractivity contribution in [3.05, 3.63) is 29.6 Å². The molecule has 0 bridgehead atoms. The Morgan fingerprint density at radius 3 is 2.67 bits per heavy atom. The number of hydrogen-bond donors (Lipinski definition) is 1. The van der Waals surface area contributed by atoms with E-state index < -0.39 is 0 Å². The topological polar surface area (TPSA) is 30.5 Å². The summed E-state index contributed by atoms with van der Waals surface area (Å²) in [5.74, 6) is 0.442. The van der Waals surface area contributed by atoms with Crippen LogP contribution in [-0.4, -0.2) is 26.4 Å². The van der Waals surface area contributed by atoms with Crippen molar-refractivity contribution >= 4 is 0 Å². The first-order chi connectivity index (χ1) is 8.58. The van der Waals surface area contributed by atoms with Gasteiger partial charge in [0.2, 0.25) is 0 Å². The van der Waals surface area contributed by atoms with E-state index in [1.807, 2.05) is 20.8 Å². The highest BCUT2D eigenvalue weighted by Gasteiger charge is 2.14. The van der Waals surface area contributed by atoms with Gasteiger partial charge in [0.25, 0.3) is 0 Å². The summed E-state index contributed by atoms with van der Waals surface area (Å²) in [6.07, 6.45) is 0. The Morgan fingerprint density at radius 1 is 1.33 bits per heavy atom. The first kappa shape index (κ1) is 14.9. The Hall–Kier alpha value is -1.13. The van der Waals surface area contributed by atoms with Gasteiger partial charge in [-0.3, -0.25) is 0 Å². The molecule has 1 aromatic rings. The lowest BCUT2D eigenvalue weighted by Gasteiger charge is -2.22. The number of halogens is 1. The Bertz CT molecular complexity index is 371. The molecule has 0 saturated heterocycles. The molecule has 102 valence electrons. The largest absolute Gasteiger partial charge is 0.496 e. The summed E-state index contributed by atoms with van der Waals surface area (Å²) in [5.41, 5.74) is 0.820. The van der Waals surface area contributed by atoms with Crippen LogP contribution in [0.2, 0.25) is 0 Å². The van der Waals surface area contributed by atoms with Crippen LogP contribution in [0, 0.1) is 5.82 Å². The van der Waals surface area contributed by atoms with E-state index in [0.717, 1.165) is 5.56 Å². The van der Waals surface area contributed by atoms with Crippen molar-refractivity contribution in [3.63, 3.8) is 0 Å². The fourth-order valence-corrected chi connectivity index (χ4v) is 1.90. The van der Waals surface area contributed by atoms with E-state index >= 15 is 0 Å². The molecule has 0 amide bonds. The first-order valence-electron chi connectivity index (χ1n) is 6.25. The summed E-state index contributed by atoms with van der Waals surface area (Å²) in [6, 6.07) is 4.76. The van der Waals surface area contributed by atoms with Gasteiger partial charge in [0.05, 0.1) is 13.7 Å². The average Bonchev–Trinajstić information content (AvgIpc) is 2.36. The number of nitrogens with one attached hydrogen (secondary N) is 1. The van der Waals surface area contributed by atoms with Gasteiger partial charge in [0.1, 0.15) is 11.6 Å². The van der Waals surface area contributed by atoms with Crippen LogP contribution in [-0.2, 0) is 4.74 Å². The average molecular weight is 255 g/mol. The van der Waals surface area contributed by atoms with Crippen molar-refractivity contribution in [2.24, 2.45) is 0 Å². The Morgan fingerprint density at radius 2 is 2.06 bits per heavy atom. The molecule has 0 aromatic heterocycles. The normalized spacial score (nSPS) is 14.3. The maximum absolute atomic E-state index is 13.3. The van der Waals surface area contributed by atoms with Crippen molar-refractivity contribution in [1.82, 2.24) is 5.32 Å². The third kappa shape index (κ3) is 4.27. The summed E-state index contributed by atoms with van der Waals surface area (Å²) in [6.45, 7) is 7.32. The van der Waals surface area contributed by atoms with Gasteiger partial charge < -0.3 is 14.8 Å². The highest BCUT2D eigenvalue weighted by atomic mass is 19.1. The van der Waals surface area contributed by atoms with Crippen LogP contribution in [0.3, 0.4) is 0 Å². The zero-order valence-electron chi connectivity index (χ0n) is 11.5. The quantitative estimate of drug-likeness (QED) is 0.812. The molecule has 2 atom stereocenters. The summed E-state index contributed by atoms with van der Waals surface area (Å²) in [7, 11) is 1.59. The molecule has 18 heavy (non-hydrogen) atoms. The van der Waals surface area contributed by atoms with Crippen LogP contribution >= 0.6 is 0 Å². The van der Waals surface area contributed by atoms with E-state index in [1.54, 1.807) is 13.2 Å². The molecule has 0 spiro atoms. The van der Waals surface area contributed by atoms with E-state index in [1.165, 1.54) is 12.1 Å². The predicted molar refractivity (Wildman–Crippen MR) is 70.5 cm³/mol. The van der Waals surface area contributed by atoms with Crippen molar-refractivity contribution in [3.8, 4) is 5.75 Å². The summed E-state index contributed by atoms with van der Waals surface area (Å²) in [5, 5.41) is 3.36. The fraction of sp³-hybridized carbons (Fsp3) is 0.571. The molecule has 0 saturated carbocycles. The predicted octanol–water partition coefficient (Wildman–Crippen LogP) is 2.91. The zero-order chi connectivity index (χ0) is 13.5. The lowest BCUT2D eigenvalue weighted by Crippen LogP contribution is -2.33. The lowest BCUT2D eigenvalue weighted by molar-refractivity contribution is 0.124. The Balaban J connectivity index is 2.70. The molecule has 0 radical (unpaired) electrons. The van der Waals surface area contributed by atoms with Crippen molar-refractivity contribution < 1.29 is 13.9 Å². The third-order valence-corrected chi connectivity index (χ3v) is 2.76. The van der Waals surface area contributed by atoms with Crippen LogP contribution in [0.15, 0.2) is 18.2 Å². The molecule has 1 aromatic carbocycles. The summed E-state index contributed by atoms with van der Waals surface area (Å²) >= 11 is 0. The van der Waals surface area contributed by atoms with Gasteiger partial charge in [-0.1, -0.05) is 0 Å². The molecule has 0 aliphatic rings. The van der Waals surface area contributed by atoms with Gasteiger partial charge in [-0.2, -0.15) is 0 Å². The smallest absolute Gasteiger partial charge is 0.123 e. The Labute approximate surface area is 108 Å². The monoisotopic (exact) mass is 255 g/mol. The van der Waals surface area contributed by atoms with Crippen LogP contribution < -0.4 is 10.1 Å². The van der Waals surface area contributed by atoms with Gasteiger partial charge in [-0.05, 0) is 39.0 Å². The molecule has 1 rings (SSSR count). The maximum atomic E-state index is 13.3. The fourth-order valence-electron chi connectivity index (χ4n) is 1.90. The molecule has 0 fully saturated rings. The van der Waals surface area contributed by atoms with Crippen LogP contribution in [0.4, 0.5) is 4.39 Å². The molecule has 0 aliphatic carbocycles. The van der Waals surface area contributed by atoms with E-state index in [4.69, 9.17) is 9.47 Å². The number of rotatable bonds is 7. The zero-order valence-corrected chi connectivity index (χ0v) is 11.5. The lowest BCUT2D eigenvalue weighted by atomic mass is 10.1. The molecule has 3 nitrogen and oxygen atoms in total. The number of hydrogen-bond acceptors (Lipinski definition) is 3. The molecule has 1 N–H and O–H groups in total. The SMILES string of the molecule is CCOCC(C)NC(C)c1cc(F)ccc1OC. The van der Waals surface area contributed by atoms with Gasteiger partial charge in [-0.15, -0.1) is 0 Å². The minimum atomic E-state index is -0.253. The van der Waals surface area contributed by atoms with Crippen molar-refractivity contribution in [1.29, 1.82) is 0 Å². The minimum absolute atomic E-state index is 0.00565. The second kappa shape index (κ2) is 7.34. The van der Waals surface area contributed by atoms with Gasteiger partial charge in [-0.25, -0.2) is 4.39 Å². The van der Waals surface area contributed by atoms with E-state index in [-0.39, 0.29) is 17.9 Å². The molecular formula is C14H22FNO2. The van der Waals surface area contributed by atoms with E-state index in [0.29, 0.717) is 19.0 Å². The minimum Gasteiger partial charge on any atom is -0.496 e. The Kier molecular flexibility index (Phi) is 6.09. The van der Waals surface area contributed by atoms with Crippen molar-refractivity contribution in [2.75, 3.05) is 20.3 Å². The summed E-state index contributed by atoms with van der Waals surface area (Å²) in [4.78, 5) is 0. The number of benzene rings is 1. The van der Waals surface area contributed by atoms with Crippen LogP contribution in [0.5, 0.6) is 5.75 Å². The second-order valence-corrected chi connectivity index (χ2v) is 4.34. The summed E-state index contributed by atoms with van der Waals surface area (Å²) < 4.78 is 23.9. The molecule has 0 aliphatic heterocycles. The molecule has 2 unspecified atom stereocenters. The van der Waals surface area contributed by atoms with Crippen LogP contribution in [0.25, 0.3) is 0 Å². The van der Waals surface area contributed by atoms with E-state index in [2.05, 4.69) is 5.32 Å². The van der Waals surface area contributed by atoms with Gasteiger partial charge in [0.15, 0.2) is 0 Å². The second-order valence-electron chi connectivity index (χ2n) is 4.34. The number of ether oxygens (including phenoxy) is 2.